The zero-order valence-corrected chi connectivity index (χ0v) is 51.3. The van der Waals surface area contributed by atoms with Crippen LogP contribution in [0.25, 0.3) is 0 Å². The van der Waals surface area contributed by atoms with Gasteiger partial charge in [-0.2, -0.15) is 0 Å². The minimum Gasteiger partial charge on any atom is -0.545 e. The Balaban J connectivity index is 4.40. The summed E-state index contributed by atoms with van der Waals surface area (Å²) in [5, 5.41) is 11.8. The number of rotatable bonds is 54. The van der Waals surface area contributed by atoms with E-state index in [2.05, 4.69) is 190 Å². The van der Waals surface area contributed by atoms with Gasteiger partial charge in [-0.3, -0.25) is 9.59 Å². The summed E-state index contributed by atoms with van der Waals surface area (Å²) >= 11 is 0. The van der Waals surface area contributed by atoms with E-state index < -0.39 is 30.3 Å². The molecule has 452 valence electrons. The van der Waals surface area contributed by atoms with Gasteiger partial charge in [-0.15, -0.1) is 0 Å². The van der Waals surface area contributed by atoms with Gasteiger partial charge in [0, 0.05) is 12.8 Å². The van der Waals surface area contributed by atoms with Gasteiger partial charge in [0.1, 0.15) is 13.2 Å². The number of ether oxygens (including phenoxy) is 4. The van der Waals surface area contributed by atoms with Crippen LogP contribution in [0.4, 0.5) is 0 Å². The molecular formula is C72H111NO8. The van der Waals surface area contributed by atoms with Crippen LogP contribution >= 0.6 is 0 Å². The predicted molar refractivity (Wildman–Crippen MR) is 342 cm³/mol. The molecule has 0 saturated heterocycles. The van der Waals surface area contributed by atoms with E-state index in [9.17, 15) is 19.5 Å². The Hall–Kier alpha value is -5.61. The maximum atomic E-state index is 12.9. The van der Waals surface area contributed by atoms with Gasteiger partial charge in [-0.25, -0.2) is 0 Å². The lowest BCUT2D eigenvalue weighted by Gasteiger charge is -2.26. The van der Waals surface area contributed by atoms with Crippen molar-refractivity contribution >= 4 is 17.9 Å². The first-order valence-corrected chi connectivity index (χ1v) is 30.9. The summed E-state index contributed by atoms with van der Waals surface area (Å²) in [6.45, 7) is 4.41. The number of nitrogens with zero attached hydrogens (tertiary/aromatic N) is 1. The SMILES string of the molecule is CC/C=C\C/C=C\C/C=C\C/C=C\C/C=C\C/C=C\C/C=C\C/C=C\C/C=C\CCCC(=O)OC(COC(=O)CCCCCCCCCC/C=C\C/C=C\C/C=C\C/C=C\C/C=C\C/C=C\CC)COC(OCC[N+](C)(C)C)C(=O)[O-]. The first-order valence-electron chi connectivity index (χ1n) is 30.9. The molecular weight excluding hydrogens is 1010 g/mol. The summed E-state index contributed by atoms with van der Waals surface area (Å²) in [5.74, 6) is -2.40. The zero-order chi connectivity index (χ0) is 59.1. The lowest BCUT2D eigenvalue weighted by molar-refractivity contribution is -0.870. The Labute approximate surface area is 494 Å². The Morgan fingerprint density at radius 2 is 0.679 bits per heavy atom. The number of carbonyl (C=O) groups excluding carboxylic acids is 3. The lowest BCUT2D eigenvalue weighted by Crippen LogP contribution is -2.44. The van der Waals surface area contributed by atoms with Gasteiger partial charge in [0.15, 0.2) is 12.4 Å². The number of carboxylic acid groups (broad SMARTS) is 1. The second kappa shape index (κ2) is 60.5. The molecule has 0 spiro atoms. The van der Waals surface area contributed by atoms with E-state index in [1.54, 1.807) is 0 Å². The van der Waals surface area contributed by atoms with Crippen molar-refractivity contribution in [1.82, 2.24) is 0 Å². The highest BCUT2D eigenvalue weighted by Gasteiger charge is 2.21. The van der Waals surface area contributed by atoms with E-state index >= 15 is 0 Å². The average molecular weight is 1120 g/mol. The van der Waals surface area contributed by atoms with Crippen molar-refractivity contribution < 1.29 is 42.9 Å². The number of quaternary nitrogens is 1. The first kappa shape index (κ1) is 75.4. The standard InChI is InChI=1S/C72H111NO8/c1-6-8-10-12-14-16-18-20-22-24-26-28-30-32-34-35-37-39-41-43-45-47-49-51-53-55-57-59-61-63-70(75)81-68(67-80-72(71(76)77)78-65-64-73(3,4)5)66-79-69(74)62-60-58-56-54-52-50-48-46-44-42-40-38-36-33-31-29-27-25-23-21-19-17-15-13-11-9-7-2/h8-11,14-17,20-23,26-29,32-34,36-37,39-40,42-43,45,49,51,55,57,68,72H,6-7,12-13,18-19,24-25,30-31,35,38,41,44,46-48,50,52-54,56,58-67H2,1-5H3/b10-8-,11-9-,16-14-,17-15-,22-20-,23-21-,28-26-,29-27-,34-32-,36-33-,39-37-,42-40-,45-43-,51-49-,57-55-. The summed E-state index contributed by atoms with van der Waals surface area (Å²) in [7, 11) is 5.88. The maximum Gasteiger partial charge on any atom is 0.306 e. The number of carbonyl (C=O) groups is 3. The third-order valence-electron chi connectivity index (χ3n) is 12.1. The van der Waals surface area contributed by atoms with Crippen molar-refractivity contribution in [3.05, 3.63) is 182 Å². The average Bonchev–Trinajstić information content (AvgIpc) is 3.44. The van der Waals surface area contributed by atoms with Crippen molar-refractivity contribution in [3.8, 4) is 0 Å². The molecule has 81 heavy (non-hydrogen) atoms. The van der Waals surface area contributed by atoms with Crippen LogP contribution in [0.15, 0.2) is 182 Å². The van der Waals surface area contributed by atoms with Crippen LogP contribution in [0.5, 0.6) is 0 Å². The highest BCUT2D eigenvalue weighted by molar-refractivity contribution is 5.70. The van der Waals surface area contributed by atoms with Crippen molar-refractivity contribution in [2.45, 2.75) is 206 Å². The molecule has 0 fully saturated rings. The molecule has 9 nitrogen and oxygen atoms in total. The van der Waals surface area contributed by atoms with Gasteiger partial charge in [0.2, 0.25) is 0 Å². The molecule has 0 aromatic heterocycles. The number of esters is 2. The lowest BCUT2D eigenvalue weighted by atomic mass is 10.1. The molecule has 0 N–H and O–H groups in total. The van der Waals surface area contributed by atoms with Crippen molar-refractivity contribution in [1.29, 1.82) is 0 Å². The number of likely N-dealkylation sites (N-methyl/N-ethyl adjacent to an activating group) is 1. The number of hydrogen-bond donors (Lipinski definition) is 0. The monoisotopic (exact) mass is 1120 g/mol. The van der Waals surface area contributed by atoms with Crippen molar-refractivity contribution in [2.75, 3.05) is 47.5 Å². The van der Waals surface area contributed by atoms with Crippen LogP contribution in [0.1, 0.15) is 194 Å². The van der Waals surface area contributed by atoms with Gasteiger partial charge in [-0.05, 0) is 128 Å². The molecule has 0 aromatic rings. The molecule has 9 heteroatoms. The summed E-state index contributed by atoms with van der Waals surface area (Å²) in [5.41, 5.74) is 0. The summed E-state index contributed by atoms with van der Waals surface area (Å²) < 4.78 is 22.6. The van der Waals surface area contributed by atoms with Crippen LogP contribution in [0, 0.1) is 0 Å². The fourth-order valence-electron chi connectivity index (χ4n) is 7.48. The minimum atomic E-state index is -1.65. The number of aliphatic carboxylic acids is 1. The Kier molecular flexibility index (Phi) is 56.3. The fraction of sp³-hybridized carbons (Fsp3) is 0.542. The molecule has 0 bridgehead atoms. The molecule has 0 rings (SSSR count). The van der Waals surface area contributed by atoms with E-state index in [0.29, 0.717) is 30.3 Å². The molecule has 2 atom stereocenters. The highest BCUT2D eigenvalue weighted by atomic mass is 16.7. The Bertz CT molecular complexity index is 1980. The minimum absolute atomic E-state index is 0.124. The third-order valence-corrected chi connectivity index (χ3v) is 12.1. The van der Waals surface area contributed by atoms with E-state index in [1.807, 2.05) is 27.2 Å². The molecule has 2 unspecified atom stereocenters. The van der Waals surface area contributed by atoms with Gasteiger partial charge >= 0.3 is 11.9 Å². The normalized spacial score (nSPS) is 14.0. The molecule has 0 aliphatic rings. The second-order valence-electron chi connectivity index (χ2n) is 20.9. The number of carboxylic acids is 1. The number of allylic oxidation sites excluding steroid dienone is 30. The maximum absolute atomic E-state index is 12.9. The molecule has 0 aliphatic heterocycles. The third kappa shape index (κ3) is 61.9. The molecule has 0 aliphatic carbocycles. The predicted octanol–water partition coefficient (Wildman–Crippen LogP) is 17.6. The van der Waals surface area contributed by atoms with E-state index in [1.165, 1.54) is 25.7 Å². The quantitative estimate of drug-likeness (QED) is 0.0195. The van der Waals surface area contributed by atoms with E-state index in [0.717, 1.165) is 122 Å². The van der Waals surface area contributed by atoms with Crippen molar-refractivity contribution in [2.24, 2.45) is 0 Å². The van der Waals surface area contributed by atoms with Gasteiger partial charge in [0.25, 0.3) is 0 Å². The first-order chi connectivity index (χ1) is 39.6. The molecule has 0 heterocycles. The second-order valence-corrected chi connectivity index (χ2v) is 20.9. The summed E-state index contributed by atoms with van der Waals surface area (Å²) in [4.78, 5) is 37.4. The molecule has 0 amide bonds. The van der Waals surface area contributed by atoms with Crippen LogP contribution in [0.3, 0.4) is 0 Å². The Morgan fingerprint density at radius 1 is 0.370 bits per heavy atom. The smallest absolute Gasteiger partial charge is 0.306 e. The number of hydrogen-bond acceptors (Lipinski definition) is 8. The van der Waals surface area contributed by atoms with Crippen LogP contribution in [-0.2, 0) is 33.3 Å². The molecule has 0 radical (unpaired) electrons. The van der Waals surface area contributed by atoms with Gasteiger partial charge in [0.05, 0.1) is 40.3 Å². The van der Waals surface area contributed by atoms with Crippen LogP contribution in [0.2, 0.25) is 0 Å². The van der Waals surface area contributed by atoms with Gasteiger partial charge < -0.3 is 33.3 Å². The zero-order valence-electron chi connectivity index (χ0n) is 51.3. The fourth-order valence-corrected chi connectivity index (χ4v) is 7.48. The highest BCUT2D eigenvalue weighted by Crippen LogP contribution is 2.13. The summed E-state index contributed by atoms with van der Waals surface area (Å²) in [6, 6.07) is 0. The van der Waals surface area contributed by atoms with Crippen molar-refractivity contribution in [3.63, 3.8) is 0 Å². The topological polar surface area (TPSA) is 111 Å². The van der Waals surface area contributed by atoms with Crippen LogP contribution < -0.4 is 5.11 Å². The molecule has 0 aromatic carbocycles. The van der Waals surface area contributed by atoms with Gasteiger partial charge in [-0.1, -0.05) is 235 Å². The number of unbranched alkanes of at least 4 members (excludes halogenated alkanes) is 9. The Morgan fingerprint density at radius 3 is 1.02 bits per heavy atom. The largest absolute Gasteiger partial charge is 0.545 e. The van der Waals surface area contributed by atoms with E-state index in [-0.39, 0.29) is 32.7 Å². The van der Waals surface area contributed by atoms with Crippen LogP contribution in [-0.4, -0.2) is 82.3 Å². The summed E-state index contributed by atoms with van der Waals surface area (Å²) in [6.07, 6.45) is 89.5. The molecule has 0 saturated carbocycles. The van der Waals surface area contributed by atoms with E-state index in [4.69, 9.17) is 18.9 Å².